The molecule has 0 aromatic carbocycles. The number of nitrogens with one attached hydrogen (secondary N) is 1. The van der Waals surface area contributed by atoms with E-state index in [1.807, 2.05) is 18.5 Å². The summed E-state index contributed by atoms with van der Waals surface area (Å²) in [6.45, 7) is 6.83. The van der Waals surface area contributed by atoms with Crippen LogP contribution in [-0.4, -0.2) is 21.7 Å². The Balaban J connectivity index is 1.49. The fourth-order valence-electron chi connectivity index (χ4n) is 4.44. The van der Waals surface area contributed by atoms with Crippen LogP contribution in [0.3, 0.4) is 0 Å². The highest BCUT2D eigenvalue weighted by Crippen LogP contribution is 2.49. The van der Waals surface area contributed by atoms with Crippen LogP contribution in [0, 0.1) is 31.6 Å². The number of carbonyl (C=O) groups is 1. The maximum Gasteiger partial charge on any atom is 0.222 e. The van der Waals surface area contributed by atoms with Crippen molar-refractivity contribution in [2.24, 2.45) is 17.8 Å². The molecule has 2 saturated carbocycles. The van der Waals surface area contributed by atoms with E-state index in [9.17, 15) is 4.79 Å². The molecule has 4 atom stereocenters. The number of aryl methyl sites for hydroxylation is 2. The van der Waals surface area contributed by atoms with E-state index in [0.717, 1.165) is 27.7 Å². The van der Waals surface area contributed by atoms with Crippen molar-refractivity contribution in [3.63, 3.8) is 0 Å². The van der Waals surface area contributed by atoms with Gasteiger partial charge in [-0.1, -0.05) is 6.42 Å². The van der Waals surface area contributed by atoms with Crippen LogP contribution in [0.2, 0.25) is 0 Å². The second-order valence-corrected chi connectivity index (χ2v) is 7.95. The average Bonchev–Trinajstić information content (AvgIpc) is 3.17. The first-order valence-electron chi connectivity index (χ1n) is 8.44. The van der Waals surface area contributed by atoms with Gasteiger partial charge in [0.2, 0.25) is 5.91 Å². The third-order valence-electron chi connectivity index (χ3n) is 5.67. The van der Waals surface area contributed by atoms with Crippen LogP contribution in [0.4, 0.5) is 0 Å². The summed E-state index contributed by atoms with van der Waals surface area (Å²) in [5, 5.41) is 7.69. The van der Waals surface area contributed by atoms with Crippen LogP contribution in [0.15, 0.2) is 4.47 Å². The first kappa shape index (κ1) is 16.0. The molecule has 4 nitrogen and oxygen atoms in total. The lowest BCUT2D eigenvalue weighted by molar-refractivity contribution is -0.122. The molecule has 0 spiro atoms. The summed E-state index contributed by atoms with van der Waals surface area (Å²) in [5.74, 6) is 2.64. The largest absolute Gasteiger partial charge is 0.353 e. The number of hydrogen-bond acceptors (Lipinski definition) is 2. The molecule has 1 aromatic rings. The molecule has 1 aromatic heterocycles. The molecule has 1 heterocycles. The normalized spacial score (nSPS) is 28.1. The van der Waals surface area contributed by atoms with Gasteiger partial charge in [-0.05, 0) is 73.7 Å². The number of aromatic nitrogens is 2. The quantitative estimate of drug-likeness (QED) is 0.863. The van der Waals surface area contributed by atoms with Gasteiger partial charge in [-0.25, -0.2) is 0 Å². The molecular weight excluding hydrogens is 342 g/mol. The maximum absolute atomic E-state index is 12.2. The Kier molecular flexibility index (Phi) is 4.62. The molecule has 122 valence electrons. The van der Waals surface area contributed by atoms with Gasteiger partial charge >= 0.3 is 0 Å². The van der Waals surface area contributed by atoms with Gasteiger partial charge < -0.3 is 5.32 Å². The zero-order chi connectivity index (χ0) is 15.9. The summed E-state index contributed by atoms with van der Waals surface area (Å²) in [6.07, 6.45) is 5.99. The summed E-state index contributed by atoms with van der Waals surface area (Å²) in [6, 6.07) is 0.315. The van der Waals surface area contributed by atoms with E-state index >= 15 is 0 Å². The van der Waals surface area contributed by atoms with Crippen LogP contribution < -0.4 is 5.32 Å². The van der Waals surface area contributed by atoms with E-state index in [0.29, 0.717) is 24.9 Å². The van der Waals surface area contributed by atoms with Crippen LogP contribution in [0.5, 0.6) is 0 Å². The molecule has 0 radical (unpaired) electrons. The van der Waals surface area contributed by atoms with E-state index in [-0.39, 0.29) is 5.91 Å². The number of fused-ring (bicyclic) bond motifs is 2. The molecule has 3 rings (SSSR count). The minimum absolute atomic E-state index is 0.152. The number of hydrogen-bond donors (Lipinski definition) is 1. The molecule has 0 aliphatic heterocycles. The van der Waals surface area contributed by atoms with Gasteiger partial charge in [-0.15, -0.1) is 0 Å². The molecule has 1 amide bonds. The zero-order valence-electron chi connectivity index (χ0n) is 13.7. The first-order valence-corrected chi connectivity index (χ1v) is 9.24. The smallest absolute Gasteiger partial charge is 0.222 e. The average molecular weight is 368 g/mol. The van der Waals surface area contributed by atoms with Crippen LogP contribution in [-0.2, 0) is 11.3 Å². The monoisotopic (exact) mass is 367 g/mol. The Morgan fingerprint density at radius 1 is 1.41 bits per heavy atom. The van der Waals surface area contributed by atoms with E-state index in [2.05, 4.69) is 33.3 Å². The summed E-state index contributed by atoms with van der Waals surface area (Å²) >= 11 is 3.53. The van der Waals surface area contributed by atoms with Crippen molar-refractivity contribution in [3.8, 4) is 0 Å². The molecule has 2 fully saturated rings. The lowest BCUT2D eigenvalue weighted by Gasteiger charge is -2.28. The van der Waals surface area contributed by atoms with Gasteiger partial charge in [0.1, 0.15) is 0 Å². The predicted molar refractivity (Wildman–Crippen MR) is 90.6 cm³/mol. The van der Waals surface area contributed by atoms with Crippen molar-refractivity contribution in [1.82, 2.24) is 15.1 Å². The van der Waals surface area contributed by atoms with Gasteiger partial charge in [0.15, 0.2) is 0 Å². The van der Waals surface area contributed by atoms with Crippen molar-refractivity contribution in [3.05, 3.63) is 15.9 Å². The first-order chi connectivity index (χ1) is 10.5. The van der Waals surface area contributed by atoms with Crippen molar-refractivity contribution >= 4 is 21.8 Å². The third-order valence-corrected chi connectivity index (χ3v) is 6.82. The molecule has 2 aliphatic rings. The predicted octanol–water partition coefficient (Wildman–Crippen LogP) is 3.59. The summed E-state index contributed by atoms with van der Waals surface area (Å²) in [5.41, 5.74) is 2.07. The second kappa shape index (κ2) is 6.34. The maximum atomic E-state index is 12.2. The minimum Gasteiger partial charge on any atom is -0.353 e. The highest BCUT2D eigenvalue weighted by atomic mass is 79.9. The Labute approximate surface area is 141 Å². The highest BCUT2D eigenvalue weighted by Gasteiger charge is 2.42. The summed E-state index contributed by atoms with van der Waals surface area (Å²) in [4.78, 5) is 12.2. The molecule has 1 N–H and O–H groups in total. The molecule has 2 aliphatic carbocycles. The Morgan fingerprint density at radius 3 is 2.73 bits per heavy atom. The van der Waals surface area contributed by atoms with E-state index < -0.39 is 0 Å². The highest BCUT2D eigenvalue weighted by molar-refractivity contribution is 9.10. The van der Waals surface area contributed by atoms with E-state index in [1.165, 1.54) is 25.7 Å². The zero-order valence-corrected chi connectivity index (χ0v) is 15.3. The summed E-state index contributed by atoms with van der Waals surface area (Å²) in [7, 11) is 0. The Bertz CT molecular complexity index is 568. The van der Waals surface area contributed by atoms with Gasteiger partial charge in [0, 0.05) is 18.2 Å². The van der Waals surface area contributed by atoms with E-state index in [1.54, 1.807) is 0 Å². The van der Waals surface area contributed by atoms with E-state index in [4.69, 9.17) is 0 Å². The SMILES string of the molecule is Cc1nn(CCC(=O)NC(C)C2CC3CCC2C3)c(C)c1Br. The van der Waals surface area contributed by atoms with Gasteiger partial charge in [-0.3, -0.25) is 9.48 Å². The third kappa shape index (κ3) is 3.10. The lowest BCUT2D eigenvalue weighted by atomic mass is 9.84. The van der Waals surface area contributed by atoms with Crippen LogP contribution >= 0.6 is 15.9 Å². The van der Waals surface area contributed by atoms with Crippen molar-refractivity contribution in [2.45, 2.75) is 65.5 Å². The second-order valence-electron chi connectivity index (χ2n) is 7.15. The standard InChI is InChI=1S/C17H26BrN3O/c1-10(15-9-13-4-5-14(15)8-13)19-16(22)6-7-21-12(3)17(18)11(2)20-21/h10,13-15H,4-9H2,1-3H3,(H,19,22). The number of nitrogens with zero attached hydrogens (tertiary/aromatic N) is 2. The van der Waals surface area contributed by atoms with Crippen molar-refractivity contribution < 1.29 is 4.79 Å². The van der Waals surface area contributed by atoms with Crippen LogP contribution in [0.1, 0.15) is 50.4 Å². The molecule has 5 heteroatoms. The minimum atomic E-state index is 0.152. The fourth-order valence-corrected chi connectivity index (χ4v) is 4.72. The molecular formula is C17H26BrN3O. The topological polar surface area (TPSA) is 46.9 Å². The molecule has 22 heavy (non-hydrogen) atoms. The summed E-state index contributed by atoms with van der Waals surface area (Å²) < 4.78 is 2.96. The Morgan fingerprint density at radius 2 is 2.18 bits per heavy atom. The Hall–Kier alpha value is -0.840. The lowest BCUT2D eigenvalue weighted by Crippen LogP contribution is -2.40. The molecule has 4 unspecified atom stereocenters. The van der Waals surface area contributed by atoms with Gasteiger partial charge in [0.05, 0.1) is 16.7 Å². The fraction of sp³-hybridized carbons (Fsp3) is 0.765. The number of amides is 1. The van der Waals surface area contributed by atoms with Crippen molar-refractivity contribution in [1.29, 1.82) is 0 Å². The van der Waals surface area contributed by atoms with Gasteiger partial charge in [0.25, 0.3) is 0 Å². The number of carbonyl (C=O) groups excluding carboxylic acids is 1. The van der Waals surface area contributed by atoms with Crippen LogP contribution in [0.25, 0.3) is 0 Å². The van der Waals surface area contributed by atoms with Crippen molar-refractivity contribution in [2.75, 3.05) is 0 Å². The number of rotatable bonds is 5. The van der Waals surface area contributed by atoms with Gasteiger partial charge in [-0.2, -0.15) is 5.10 Å². The number of halogens is 1. The molecule has 0 saturated heterocycles. The molecule has 2 bridgehead atoms.